The topological polar surface area (TPSA) is 56.1 Å². The van der Waals surface area contributed by atoms with E-state index in [1.54, 1.807) is 24.3 Å². The van der Waals surface area contributed by atoms with Gasteiger partial charge in [0.15, 0.2) is 11.6 Å². The summed E-state index contributed by atoms with van der Waals surface area (Å²) in [5.74, 6) is -1.98. The van der Waals surface area contributed by atoms with E-state index >= 15 is 0 Å². The Balaban J connectivity index is 1.92. The number of halogens is 2. The van der Waals surface area contributed by atoms with E-state index in [4.69, 9.17) is 5.26 Å². The summed E-state index contributed by atoms with van der Waals surface area (Å²) in [7, 11) is 1.81. The maximum atomic E-state index is 13.3. The molecule has 0 bridgehead atoms. The molecule has 2 aromatic rings. The summed E-state index contributed by atoms with van der Waals surface area (Å²) < 4.78 is 26.4. The number of nitrogens with one attached hydrogen (secondary N) is 1. The van der Waals surface area contributed by atoms with Crippen molar-refractivity contribution in [1.29, 1.82) is 5.26 Å². The molecule has 0 spiro atoms. The molecule has 0 fully saturated rings. The van der Waals surface area contributed by atoms with Crippen molar-refractivity contribution in [2.24, 2.45) is 0 Å². The minimum Gasteiger partial charge on any atom is -0.325 e. The van der Waals surface area contributed by atoms with Crippen LogP contribution in [-0.2, 0) is 4.79 Å². The molecule has 2 aromatic carbocycles. The Labute approximate surface area is 145 Å². The van der Waals surface area contributed by atoms with Crippen molar-refractivity contribution in [3.63, 3.8) is 0 Å². The Bertz CT molecular complexity index is 801. The molecule has 1 N–H and O–H groups in total. The first-order valence-electron chi connectivity index (χ1n) is 7.86. The predicted molar refractivity (Wildman–Crippen MR) is 91.8 cm³/mol. The fraction of sp³-hybridized carbons (Fsp3) is 0.263. The SMILES string of the molecule is CC(c1ccc(F)c(F)c1)N(C)CCC(=O)Nc1ccccc1C#N. The lowest BCUT2D eigenvalue weighted by Gasteiger charge is -2.25. The zero-order chi connectivity index (χ0) is 18.4. The lowest BCUT2D eigenvalue weighted by molar-refractivity contribution is -0.116. The molecule has 1 amide bonds. The predicted octanol–water partition coefficient (Wildman–Crippen LogP) is 3.86. The average Bonchev–Trinajstić information content (AvgIpc) is 2.61. The molecule has 6 heteroatoms. The van der Waals surface area contributed by atoms with Crippen molar-refractivity contribution in [3.8, 4) is 6.07 Å². The number of hydrogen-bond acceptors (Lipinski definition) is 3. The van der Waals surface area contributed by atoms with Crippen molar-refractivity contribution in [1.82, 2.24) is 4.90 Å². The van der Waals surface area contributed by atoms with Gasteiger partial charge in [0.25, 0.3) is 0 Å². The number of anilines is 1. The minimum absolute atomic E-state index is 0.172. The molecule has 25 heavy (non-hydrogen) atoms. The summed E-state index contributed by atoms with van der Waals surface area (Å²) >= 11 is 0. The molecule has 4 nitrogen and oxygen atoms in total. The first-order chi connectivity index (χ1) is 11.9. The monoisotopic (exact) mass is 343 g/mol. The molecule has 1 unspecified atom stereocenters. The Morgan fingerprint density at radius 2 is 1.96 bits per heavy atom. The maximum Gasteiger partial charge on any atom is 0.225 e. The van der Waals surface area contributed by atoms with Gasteiger partial charge < -0.3 is 5.32 Å². The number of carbonyl (C=O) groups is 1. The van der Waals surface area contributed by atoms with E-state index in [0.717, 1.165) is 6.07 Å². The normalized spacial score (nSPS) is 11.8. The Morgan fingerprint density at radius 1 is 1.24 bits per heavy atom. The van der Waals surface area contributed by atoms with Crippen molar-refractivity contribution in [2.45, 2.75) is 19.4 Å². The second kappa shape index (κ2) is 8.36. The number of nitrogens with zero attached hydrogens (tertiary/aromatic N) is 2. The molecule has 0 saturated heterocycles. The van der Waals surface area contributed by atoms with E-state index in [-0.39, 0.29) is 18.4 Å². The Hall–Kier alpha value is -2.78. The second-order valence-corrected chi connectivity index (χ2v) is 5.79. The van der Waals surface area contributed by atoms with E-state index in [1.807, 2.05) is 24.9 Å². The van der Waals surface area contributed by atoms with Crippen LogP contribution in [0.2, 0.25) is 0 Å². The van der Waals surface area contributed by atoms with Crippen LogP contribution in [0.4, 0.5) is 14.5 Å². The zero-order valence-electron chi connectivity index (χ0n) is 14.1. The van der Waals surface area contributed by atoms with Gasteiger partial charge in [0, 0.05) is 19.0 Å². The van der Waals surface area contributed by atoms with Crippen LogP contribution in [0.5, 0.6) is 0 Å². The van der Waals surface area contributed by atoms with Gasteiger partial charge in [-0.05, 0) is 43.8 Å². The van der Waals surface area contributed by atoms with Crippen LogP contribution in [0.3, 0.4) is 0 Å². The molecule has 0 aliphatic rings. The number of hydrogen-bond donors (Lipinski definition) is 1. The molecule has 1 atom stereocenters. The van der Waals surface area contributed by atoms with Crippen LogP contribution in [0.15, 0.2) is 42.5 Å². The molecule has 0 saturated carbocycles. The highest BCUT2D eigenvalue weighted by Crippen LogP contribution is 2.21. The number of carbonyl (C=O) groups excluding carboxylic acids is 1. The quantitative estimate of drug-likeness (QED) is 0.866. The van der Waals surface area contributed by atoms with E-state index < -0.39 is 11.6 Å². The van der Waals surface area contributed by atoms with Crippen LogP contribution in [0.1, 0.15) is 30.5 Å². The van der Waals surface area contributed by atoms with Crippen molar-refractivity contribution < 1.29 is 13.6 Å². The van der Waals surface area contributed by atoms with Crippen molar-refractivity contribution >= 4 is 11.6 Å². The molecule has 0 radical (unpaired) electrons. The highest BCUT2D eigenvalue weighted by Gasteiger charge is 2.15. The van der Waals surface area contributed by atoms with E-state index in [9.17, 15) is 13.6 Å². The lowest BCUT2D eigenvalue weighted by Crippen LogP contribution is -2.27. The summed E-state index contributed by atoms with van der Waals surface area (Å²) in [6.07, 6.45) is 0.213. The van der Waals surface area contributed by atoms with Crippen LogP contribution in [0.25, 0.3) is 0 Å². The standard InChI is InChI=1S/C19H19F2N3O/c1-13(14-7-8-16(20)17(21)11-14)24(2)10-9-19(25)23-18-6-4-3-5-15(18)12-22/h3-8,11,13H,9-10H2,1-2H3,(H,23,25). The van der Waals surface area contributed by atoms with Crippen molar-refractivity contribution in [3.05, 3.63) is 65.2 Å². The highest BCUT2D eigenvalue weighted by molar-refractivity contribution is 5.92. The fourth-order valence-corrected chi connectivity index (χ4v) is 2.40. The third-order valence-corrected chi connectivity index (χ3v) is 4.10. The maximum absolute atomic E-state index is 13.3. The molecule has 0 aliphatic heterocycles. The van der Waals surface area contributed by atoms with Crippen LogP contribution < -0.4 is 5.32 Å². The number of benzene rings is 2. The highest BCUT2D eigenvalue weighted by atomic mass is 19.2. The van der Waals surface area contributed by atoms with E-state index in [2.05, 4.69) is 5.32 Å². The first kappa shape index (κ1) is 18.6. The average molecular weight is 343 g/mol. The number of para-hydroxylation sites is 1. The smallest absolute Gasteiger partial charge is 0.225 e. The van der Waals surface area contributed by atoms with Crippen LogP contribution in [0, 0.1) is 23.0 Å². The Kier molecular flexibility index (Phi) is 6.20. The van der Waals surface area contributed by atoms with E-state index in [0.29, 0.717) is 23.4 Å². The van der Waals surface area contributed by atoms with Gasteiger partial charge in [-0.2, -0.15) is 5.26 Å². The molecular formula is C19H19F2N3O. The number of rotatable bonds is 6. The first-order valence-corrected chi connectivity index (χ1v) is 7.86. The van der Waals surface area contributed by atoms with Gasteiger partial charge in [-0.1, -0.05) is 18.2 Å². The summed E-state index contributed by atoms with van der Waals surface area (Å²) in [4.78, 5) is 14.0. The molecular weight excluding hydrogens is 324 g/mol. The summed E-state index contributed by atoms with van der Waals surface area (Å²) in [5, 5.41) is 11.7. The van der Waals surface area contributed by atoms with Gasteiger partial charge in [-0.3, -0.25) is 9.69 Å². The number of amides is 1. The van der Waals surface area contributed by atoms with Crippen LogP contribution >= 0.6 is 0 Å². The molecule has 0 heterocycles. The summed E-state index contributed by atoms with van der Waals surface area (Å²) in [6, 6.07) is 12.4. The number of nitriles is 1. The van der Waals surface area contributed by atoms with Gasteiger partial charge in [0.1, 0.15) is 6.07 Å². The Morgan fingerprint density at radius 3 is 2.64 bits per heavy atom. The second-order valence-electron chi connectivity index (χ2n) is 5.79. The lowest BCUT2D eigenvalue weighted by atomic mass is 10.1. The molecule has 130 valence electrons. The third-order valence-electron chi connectivity index (χ3n) is 4.10. The largest absolute Gasteiger partial charge is 0.325 e. The molecule has 0 aromatic heterocycles. The van der Waals surface area contributed by atoms with Crippen molar-refractivity contribution in [2.75, 3.05) is 18.9 Å². The molecule has 2 rings (SSSR count). The van der Waals surface area contributed by atoms with Crippen LogP contribution in [-0.4, -0.2) is 24.4 Å². The van der Waals surface area contributed by atoms with Gasteiger partial charge in [0.05, 0.1) is 11.3 Å². The van der Waals surface area contributed by atoms with Gasteiger partial charge in [-0.25, -0.2) is 8.78 Å². The third kappa shape index (κ3) is 4.85. The fourth-order valence-electron chi connectivity index (χ4n) is 2.40. The summed E-state index contributed by atoms with van der Waals surface area (Å²) in [6.45, 7) is 2.29. The van der Waals surface area contributed by atoms with Gasteiger partial charge >= 0.3 is 0 Å². The van der Waals surface area contributed by atoms with Gasteiger partial charge in [-0.15, -0.1) is 0 Å². The van der Waals surface area contributed by atoms with Gasteiger partial charge in [0.2, 0.25) is 5.91 Å². The molecule has 0 aliphatic carbocycles. The minimum atomic E-state index is -0.886. The summed E-state index contributed by atoms with van der Waals surface area (Å²) in [5.41, 5.74) is 1.52. The zero-order valence-corrected chi connectivity index (χ0v) is 14.1. The van der Waals surface area contributed by atoms with E-state index in [1.165, 1.54) is 12.1 Å².